The standard InChI is InChI=1S/C13H21N3O3/c1-4-15(5-2)12(17)9-19-13(18)11-7-10(14)8-16(11)6-3/h7-8H,4-6,9,14H2,1-3H3. The summed E-state index contributed by atoms with van der Waals surface area (Å²) in [5, 5.41) is 0. The smallest absolute Gasteiger partial charge is 0.355 e. The van der Waals surface area contributed by atoms with E-state index in [1.807, 2.05) is 20.8 Å². The van der Waals surface area contributed by atoms with Gasteiger partial charge in [0.1, 0.15) is 5.69 Å². The normalized spacial score (nSPS) is 10.3. The second kappa shape index (κ2) is 6.82. The van der Waals surface area contributed by atoms with Crippen LogP contribution in [0.25, 0.3) is 0 Å². The maximum Gasteiger partial charge on any atom is 0.355 e. The molecule has 1 aromatic rings. The van der Waals surface area contributed by atoms with Crippen LogP contribution in [0.1, 0.15) is 31.3 Å². The van der Waals surface area contributed by atoms with E-state index in [1.54, 1.807) is 21.7 Å². The van der Waals surface area contributed by atoms with Gasteiger partial charge in [-0.2, -0.15) is 0 Å². The molecule has 0 aliphatic carbocycles. The van der Waals surface area contributed by atoms with Gasteiger partial charge >= 0.3 is 5.97 Å². The highest BCUT2D eigenvalue weighted by Gasteiger charge is 2.17. The molecule has 0 aliphatic heterocycles. The van der Waals surface area contributed by atoms with Gasteiger partial charge in [0.2, 0.25) is 0 Å². The van der Waals surface area contributed by atoms with E-state index in [4.69, 9.17) is 10.5 Å². The molecule has 0 spiro atoms. The topological polar surface area (TPSA) is 77.6 Å². The summed E-state index contributed by atoms with van der Waals surface area (Å²) in [5.74, 6) is -0.722. The maximum atomic E-state index is 11.9. The largest absolute Gasteiger partial charge is 0.451 e. The van der Waals surface area contributed by atoms with E-state index in [1.165, 1.54) is 0 Å². The van der Waals surface area contributed by atoms with Crippen molar-refractivity contribution < 1.29 is 14.3 Å². The number of carbonyl (C=O) groups is 2. The first-order valence-electron chi connectivity index (χ1n) is 6.43. The zero-order valence-corrected chi connectivity index (χ0v) is 11.7. The number of nitrogens with zero attached hydrogens (tertiary/aromatic N) is 2. The molecule has 19 heavy (non-hydrogen) atoms. The van der Waals surface area contributed by atoms with E-state index in [-0.39, 0.29) is 12.5 Å². The molecule has 1 amide bonds. The lowest BCUT2D eigenvalue weighted by molar-refractivity contribution is -0.134. The number of anilines is 1. The van der Waals surface area contributed by atoms with Crippen LogP contribution in [0.4, 0.5) is 5.69 Å². The van der Waals surface area contributed by atoms with Crippen molar-refractivity contribution in [3.05, 3.63) is 18.0 Å². The summed E-state index contributed by atoms with van der Waals surface area (Å²) in [6, 6.07) is 1.55. The number of aryl methyl sites for hydroxylation is 1. The molecule has 0 fully saturated rings. The fourth-order valence-corrected chi connectivity index (χ4v) is 1.83. The Morgan fingerprint density at radius 3 is 2.47 bits per heavy atom. The number of likely N-dealkylation sites (N-methyl/N-ethyl adjacent to an activating group) is 1. The van der Waals surface area contributed by atoms with Crippen LogP contribution < -0.4 is 5.73 Å². The van der Waals surface area contributed by atoms with Gasteiger partial charge in [0, 0.05) is 25.8 Å². The Morgan fingerprint density at radius 2 is 1.95 bits per heavy atom. The second-order valence-corrected chi connectivity index (χ2v) is 4.09. The number of nitrogen functional groups attached to an aromatic ring is 1. The van der Waals surface area contributed by atoms with Crippen molar-refractivity contribution in [1.29, 1.82) is 0 Å². The van der Waals surface area contributed by atoms with Gasteiger partial charge in [-0.3, -0.25) is 4.79 Å². The minimum atomic E-state index is -0.529. The molecule has 0 unspecified atom stereocenters. The van der Waals surface area contributed by atoms with E-state index in [9.17, 15) is 9.59 Å². The van der Waals surface area contributed by atoms with Crippen molar-refractivity contribution in [2.24, 2.45) is 0 Å². The molecule has 0 atom stereocenters. The Labute approximate surface area is 113 Å². The second-order valence-electron chi connectivity index (χ2n) is 4.09. The summed E-state index contributed by atoms with van der Waals surface area (Å²) >= 11 is 0. The number of amides is 1. The summed E-state index contributed by atoms with van der Waals surface area (Å²) in [6.07, 6.45) is 1.67. The number of hydrogen-bond acceptors (Lipinski definition) is 4. The molecule has 106 valence electrons. The average molecular weight is 267 g/mol. The van der Waals surface area contributed by atoms with Gasteiger partial charge in [-0.1, -0.05) is 0 Å². The lowest BCUT2D eigenvalue weighted by Gasteiger charge is -2.18. The maximum absolute atomic E-state index is 11.9. The lowest BCUT2D eigenvalue weighted by Crippen LogP contribution is -2.34. The number of carbonyl (C=O) groups excluding carboxylic acids is 2. The number of ether oxygens (including phenoxy) is 1. The van der Waals surface area contributed by atoms with Crippen LogP contribution in [0.15, 0.2) is 12.3 Å². The molecule has 0 aliphatic rings. The third-order valence-corrected chi connectivity index (χ3v) is 2.91. The van der Waals surface area contributed by atoms with Crippen LogP contribution in [0.2, 0.25) is 0 Å². The van der Waals surface area contributed by atoms with Gasteiger partial charge in [0.05, 0.1) is 5.69 Å². The van der Waals surface area contributed by atoms with E-state index in [0.29, 0.717) is 31.0 Å². The highest BCUT2D eigenvalue weighted by molar-refractivity contribution is 5.91. The molecule has 6 nitrogen and oxygen atoms in total. The van der Waals surface area contributed by atoms with Crippen LogP contribution >= 0.6 is 0 Å². The van der Waals surface area contributed by atoms with E-state index >= 15 is 0 Å². The van der Waals surface area contributed by atoms with Gasteiger partial charge in [0.15, 0.2) is 6.61 Å². The first-order valence-corrected chi connectivity index (χ1v) is 6.43. The van der Waals surface area contributed by atoms with E-state index in [2.05, 4.69) is 0 Å². The Balaban J connectivity index is 2.62. The SMILES string of the molecule is CCN(CC)C(=O)COC(=O)c1cc(N)cn1CC. The van der Waals surface area contributed by atoms with Crippen molar-refractivity contribution in [2.45, 2.75) is 27.3 Å². The molecule has 1 rings (SSSR count). The van der Waals surface area contributed by atoms with Crippen molar-refractivity contribution in [1.82, 2.24) is 9.47 Å². The molecule has 0 saturated heterocycles. The van der Waals surface area contributed by atoms with Crippen LogP contribution in [0, 0.1) is 0 Å². The summed E-state index contributed by atoms with van der Waals surface area (Å²) in [5.41, 5.74) is 6.51. The molecule has 6 heteroatoms. The number of rotatable bonds is 6. The van der Waals surface area contributed by atoms with Crippen LogP contribution in [0.5, 0.6) is 0 Å². The Morgan fingerprint density at radius 1 is 1.32 bits per heavy atom. The van der Waals surface area contributed by atoms with Crippen LogP contribution in [-0.4, -0.2) is 41.0 Å². The highest BCUT2D eigenvalue weighted by Crippen LogP contribution is 2.11. The number of aromatic nitrogens is 1. The van der Waals surface area contributed by atoms with E-state index < -0.39 is 5.97 Å². The summed E-state index contributed by atoms with van der Waals surface area (Å²) < 4.78 is 6.72. The van der Waals surface area contributed by atoms with Gasteiger partial charge < -0.3 is 19.9 Å². The highest BCUT2D eigenvalue weighted by atomic mass is 16.5. The minimum absolute atomic E-state index is 0.194. The zero-order valence-electron chi connectivity index (χ0n) is 11.7. The monoisotopic (exact) mass is 267 g/mol. The van der Waals surface area contributed by atoms with Gasteiger partial charge in [-0.15, -0.1) is 0 Å². The number of nitrogens with two attached hydrogens (primary N) is 1. The Hall–Kier alpha value is -1.98. The number of hydrogen-bond donors (Lipinski definition) is 1. The van der Waals surface area contributed by atoms with Gasteiger partial charge in [-0.25, -0.2) is 4.79 Å². The predicted octanol–water partition coefficient (Wildman–Crippen LogP) is 1.12. The first-order chi connectivity index (χ1) is 9.03. The summed E-state index contributed by atoms with van der Waals surface area (Å²) in [6.45, 7) is 7.24. The molecule has 0 saturated carbocycles. The minimum Gasteiger partial charge on any atom is -0.451 e. The van der Waals surface area contributed by atoms with Crippen molar-refractivity contribution in [3.63, 3.8) is 0 Å². The van der Waals surface area contributed by atoms with Crippen molar-refractivity contribution >= 4 is 17.6 Å². The van der Waals surface area contributed by atoms with E-state index in [0.717, 1.165) is 0 Å². The summed E-state index contributed by atoms with van der Waals surface area (Å²) in [7, 11) is 0. The van der Waals surface area contributed by atoms with Crippen molar-refractivity contribution in [2.75, 3.05) is 25.4 Å². The van der Waals surface area contributed by atoms with Crippen LogP contribution in [-0.2, 0) is 16.1 Å². The molecular formula is C13H21N3O3. The quantitative estimate of drug-likeness (QED) is 0.783. The van der Waals surface area contributed by atoms with Crippen molar-refractivity contribution in [3.8, 4) is 0 Å². The average Bonchev–Trinajstić information content (AvgIpc) is 2.78. The fraction of sp³-hybridized carbons (Fsp3) is 0.538. The third kappa shape index (κ3) is 3.74. The molecule has 2 N–H and O–H groups in total. The van der Waals surface area contributed by atoms with Gasteiger partial charge in [-0.05, 0) is 26.8 Å². The molecule has 0 bridgehead atoms. The fourth-order valence-electron chi connectivity index (χ4n) is 1.83. The molecular weight excluding hydrogens is 246 g/mol. The summed E-state index contributed by atoms with van der Waals surface area (Å²) in [4.78, 5) is 25.2. The van der Waals surface area contributed by atoms with Gasteiger partial charge in [0.25, 0.3) is 5.91 Å². The first kappa shape index (κ1) is 15.1. The predicted molar refractivity (Wildman–Crippen MR) is 72.7 cm³/mol. The Kier molecular flexibility index (Phi) is 5.41. The molecule has 0 aromatic carbocycles. The molecule has 0 radical (unpaired) electrons. The number of esters is 1. The molecule has 1 aromatic heterocycles. The Bertz CT molecular complexity index is 450. The zero-order chi connectivity index (χ0) is 14.4. The molecule has 1 heterocycles. The third-order valence-electron chi connectivity index (χ3n) is 2.91. The lowest BCUT2D eigenvalue weighted by atomic mass is 10.4. The van der Waals surface area contributed by atoms with Crippen LogP contribution in [0.3, 0.4) is 0 Å².